The second-order valence-corrected chi connectivity index (χ2v) is 5.96. The number of aromatic hydroxyl groups is 1. The number of benzene rings is 2. The largest absolute Gasteiger partial charge is 0.872 e. The van der Waals surface area contributed by atoms with E-state index in [1.165, 1.54) is 27.0 Å². The second kappa shape index (κ2) is 6.95. The topological polar surface area (TPSA) is 116 Å². The smallest absolute Gasteiger partial charge is 0.343 e. The lowest BCUT2D eigenvalue weighted by Crippen LogP contribution is -2.16. The maximum Gasteiger partial charge on any atom is 0.343 e. The number of rotatable bonds is 4. The lowest BCUT2D eigenvalue weighted by molar-refractivity contribution is -0.269. The molecule has 2 rings (SSSR count). The van der Waals surface area contributed by atoms with Crippen molar-refractivity contribution in [3.63, 3.8) is 0 Å². The number of aromatic carboxylic acids is 1. The fraction of sp³-hybridized carbons (Fsp3) is 0.263. The molecule has 0 unspecified atom stereocenters. The number of carboxylic acids is 1. The molecule has 0 saturated heterocycles. The van der Waals surface area contributed by atoms with Crippen LogP contribution in [0.2, 0.25) is 0 Å². The van der Waals surface area contributed by atoms with Crippen molar-refractivity contribution < 1.29 is 34.4 Å². The first-order chi connectivity index (χ1) is 12.1. The van der Waals surface area contributed by atoms with E-state index in [1.807, 2.05) is 0 Å². The quantitative estimate of drug-likeness (QED) is 0.636. The first kappa shape index (κ1) is 19.1. The van der Waals surface area contributed by atoms with E-state index < -0.39 is 23.4 Å². The summed E-state index contributed by atoms with van der Waals surface area (Å²) < 4.78 is 10.4. The molecule has 0 fully saturated rings. The maximum absolute atomic E-state index is 12.5. The molecule has 0 aliphatic carbocycles. The minimum Gasteiger partial charge on any atom is -0.872 e. The van der Waals surface area contributed by atoms with Crippen molar-refractivity contribution in [1.29, 1.82) is 0 Å². The van der Waals surface area contributed by atoms with Crippen molar-refractivity contribution in [3.05, 3.63) is 45.5 Å². The summed E-state index contributed by atoms with van der Waals surface area (Å²) in [4.78, 5) is 23.8. The molecular weight excluding hydrogens is 340 g/mol. The molecule has 0 spiro atoms. The third kappa shape index (κ3) is 3.15. The van der Waals surface area contributed by atoms with Crippen LogP contribution >= 0.6 is 0 Å². The Kier molecular flexibility index (Phi) is 5.11. The van der Waals surface area contributed by atoms with Crippen LogP contribution in [0.1, 0.15) is 43.0 Å². The van der Waals surface area contributed by atoms with Crippen LogP contribution in [0, 0.1) is 27.7 Å². The average Bonchev–Trinajstić information content (AvgIpc) is 2.55. The van der Waals surface area contributed by atoms with Crippen LogP contribution in [0.5, 0.6) is 23.0 Å². The predicted molar refractivity (Wildman–Crippen MR) is 91.4 cm³/mol. The highest BCUT2D eigenvalue weighted by Crippen LogP contribution is 2.36. The van der Waals surface area contributed by atoms with Gasteiger partial charge in [-0.2, -0.15) is 0 Å². The highest BCUT2D eigenvalue weighted by Gasteiger charge is 2.22. The van der Waals surface area contributed by atoms with Crippen LogP contribution in [-0.4, -0.2) is 29.3 Å². The number of esters is 1. The standard InChI is InChI=1S/C19H20O7/c1-8-7-13(11(4)16(20)14(8)18(22)23)26-19(24)15-9(2)6-12(25-5)10(3)17(15)21/h6-7,20-21H,1-5H3,(H,22,23)/p-1. The van der Waals surface area contributed by atoms with Crippen molar-refractivity contribution >= 4 is 11.9 Å². The molecule has 2 aromatic rings. The van der Waals surface area contributed by atoms with Gasteiger partial charge in [0.25, 0.3) is 0 Å². The minimum atomic E-state index is -1.29. The number of carbonyl (C=O) groups excluding carboxylic acids is 1. The molecule has 0 bridgehead atoms. The molecule has 0 atom stereocenters. The normalized spacial score (nSPS) is 10.5. The highest BCUT2D eigenvalue weighted by atomic mass is 16.5. The van der Waals surface area contributed by atoms with Gasteiger partial charge in [0, 0.05) is 5.56 Å². The number of carbonyl (C=O) groups is 2. The summed E-state index contributed by atoms with van der Waals surface area (Å²) in [5, 5.41) is 31.7. The minimum absolute atomic E-state index is 0.0118. The lowest BCUT2D eigenvalue weighted by Gasteiger charge is -2.21. The first-order valence-electron chi connectivity index (χ1n) is 7.73. The zero-order valence-electron chi connectivity index (χ0n) is 15.1. The van der Waals surface area contributed by atoms with Crippen molar-refractivity contribution in [3.8, 4) is 23.0 Å². The van der Waals surface area contributed by atoms with Gasteiger partial charge in [-0.1, -0.05) is 5.75 Å². The molecule has 2 N–H and O–H groups in total. The van der Waals surface area contributed by atoms with Crippen LogP contribution in [-0.2, 0) is 0 Å². The molecule has 0 saturated carbocycles. The number of carboxylic acid groups (broad SMARTS) is 1. The van der Waals surface area contributed by atoms with E-state index >= 15 is 0 Å². The highest BCUT2D eigenvalue weighted by molar-refractivity contribution is 5.97. The van der Waals surface area contributed by atoms with Crippen LogP contribution in [0.3, 0.4) is 0 Å². The Balaban J connectivity index is 2.50. The molecule has 0 aliphatic rings. The van der Waals surface area contributed by atoms with E-state index in [1.54, 1.807) is 19.9 Å². The average molecular weight is 359 g/mol. The van der Waals surface area contributed by atoms with Crippen LogP contribution in [0.4, 0.5) is 0 Å². The molecular formula is C19H19O7-. The predicted octanol–water partition coefficient (Wildman–Crippen LogP) is 2.63. The monoisotopic (exact) mass is 359 g/mol. The zero-order valence-corrected chi connectivity index (χ0v) is 15.1. The van der Waals surface area contributed by atoms with E-state index in [9.17, 15) is 19.8 Å². The first-order valence-corrected chi connectivity index (χ1v) is 7.73. The number of hydrogen-bond acceptors (Lipinski definition) is 6. The molecule has 0 amide bonds. The molecule has 7 heteroatoms. The van der Waals surface area contributed by atoms with Crippen molar-refractivity contribution in [2.24, 2.45) is 0 Å². The van der Waals surface area contributed by atoms with Crippen molar-refractivity contribution in [2.75, 3.05) is 7.11 Å². The Bertz CT molecular complexity index is 913. The van der Waals surface area contributed by atoms with Gasteiger partial charge in [-0.25, -0.2) is 9.59 Å². The van der Waals surface area contributed by atoms with Gasteiger partial charge in [0.15, 0.2) is 0 Å². The molecule has 0 heterocycles. The summed E-state index contributed by atoms with van der Waals surface area (Å²) in [5.74, 6) is -2.80. The molecule has 0 aliphatic heterocycles. The number of phenols is 1. The van der Waals surface area contributed by atoms with Gasteiger partial charge in [-0.3, -0.25) is 0 Å². The Morgan fingerprint density at radius 1 is 0.962 bits per heavy atom. The Hall–Kier alpha value is -3.22. The Morgan fingerprint density at radius 2 is 1.50 bits per heavy atom. The third-order valence-electron chi connectivity index (χ3n) is 4.22. The van der Waals surface area contributed by atoms with Gasteiger partial charge in [-0.05, 0) is 56.5 Å². The SMILES string of the molecule is COc1cc(C)c(C(=O)Oc2cc(C)c(C(=O)O)c(O)c2C)c([O-])c1C. The molecule has 0 radical (unpaired) electrons. The van der Waals surface area contributed by atoms with Crippen LogP contribution in [0.15, 0.2) is 12.1 Å². The van der Waals surface area contributed by atoms with E-state index in [-0.39, 0.29) is 33.6 Å². The van der Waals surface area contributed by atoms with Gasteiger partial charge >= 0.3 is 11.9 Å². The van der Waals surface area contributed by atoms with E-state index in [2.05, 4.69) is 0 Å². The summed E-state index contributed by atoms with van der Waals surface area (Å²) in [6, 6.07) is 2.91. The van der Waals surface area contributed by atoms with Crippen LogP contribution in [0.25, 0.3) is 0 Å². The van der Waals surface area contributed by atoms with E-state index in [4.69, 9.17) is 14.6 Å². The Morgan fingerprint density at radius 3 is 2.04 bits per heavy atom. The summed E-state index contributed by atoms with van der Waals surface area (Å²) in [7, 11) is 1.43. The number of methoxy groups -OCH3 is 1. The van der Waals surface area contributed by atoms with Gasteiger partial charge in [0.05, 0.1) is 12.7 Å². The van der Waals surface area contributed by atoms with Crippen molar-refractivity contribution in [2.45, 2.75) is 27.7 Å². The second-order valence-electron chi connectivity index (χ2n) is 5.96. The van der Waals surface area contributed by atoms with E-state index in [0.717, 1.165) is 0 Å². The maximum atomic E-state index is 12.5. The summed E-state index contributed by atoms with van der Waals surface area (Å²) >= 11 is 0. The van der Waals surface area contributed by atoms with Gasteiger partial charge in [0.2, 0.25) is 0 Å². The molecule has 2 aromatic carbocycles. The molecule has 7 nitrogen and oxygen atoms in total. The van der Waals surface area contributed by atoms with Gasteiger partial charge < -0.3 is 24.8 Å². The number of aryl methyl sites for hydroxylation is 2. The zero-order chi connectivity index (χ0) is 19.8. The fourth-order valence-corrected chi connectivity index (χ4v) is 2.72. The van der Waals surface area contributed by atoms with E-state index in [0.29, 0.717) is 11.3 Å². The Labute approximate surface area is 150 Å². The number of ether oxygens (including phenoxy) is 2. The summed E-state index contributed by atoms with van der Waals surface area (Å²) in [6.07, 6.45) is 0. The van der Waals surface area contributed by atoms with Gasteiger partial charge in [0.1, 0.15) is 22.8 Å². The number of hydrogen-bond donors (Lipinski definition) is 2. The summed E-state index contributed by atoms with van der Waals surface area (Å²) in [6.45, 7) is 6.03. The third-order valence-corrected chi connectivity index (χ3v) is 4.22. The van der Waals surface area contributed by atoms with Crippen molar-refractivity contribution in [1.82, 2.24) is 0 Å². The molecule has 26 heavy (non-hydrogen) atoms. The fourth-order valence-electron chi connectivity index (χ4n) is 2.72. The molecule has 0 aromatic heterocycles. The summed E-state index contributed by atoms with van der Waals surface area (Å²) in [5.41, 5.74) is 0.598. The molecule has 138 valence electrons. The lowest BCUT2D eigenvalue weighted by atomic mass is 10.0. The van der Waals surface area contributed by atoms with Crippen LogP contribution < -0.4 is 14.6 Å². The van der Waals surface area contributed by atoms with Gasteiger partial charge in [-0.15, -0.1) is 0 Å².